The lowest BCUT2D eigenvalue weighted by atomic mass is 10.1. The molecule has 1 saturated heterocycles. The number of rotatable bonds is 4. The molecule has 1 atom stereocenters. The van der Waals surface area contributed by atoms with Gasteiger partial charge >= 0.3 is 0 Å². The van der Waals surface area contributed by atoms with Crippen LogP contribution in [0.1, 0.15) is 25.7 Å². The normalized spacial score (nSPS) is 20.1. The molecule has 16 heavy (non-hydrogen) atoms. The first-order valence-electron chi connectivity index (χ1n) is 5.84. The monoisotopic (exact) mass is 222 g/mol. The number of nitrogens with two attached hydrogens (primary N) is 1. The lowest BCUT2D eigenvalue weighted by molar-refractivity contribution is 0.101. The number of pyridine rings is 1. The molecule has 1 aromatic heterocycles. The van der Waals surface area contributed by atoms with Crippen LogP contribution >= 0.6 is 0 Å². The molecule has 0 aromatic carbocycles. The van der Waals surface area contributed by atoms with Crippen LogP contribution in [0.4, 0.5) is 5.69 Å². The summed E-state index contributed by atoms with van der Waals surface area (Å²) in [4.78, 5) is 11.6. The smallest absolute Gasteiger partial charge is 0.273 e. The van der Waals surface area contributed by atoms with Gasteiger partial charge in [-0.3, -0.25) is 4.79 Å². The van der Waals surface area contributed by atoms with E-state index in [1.165, 1.54) is 6.42 Å². The topological polar surface area (TPSA) is 57.2 Å². The van der Waals surface area contributed by atoms with Crippen molar-refractivity contribution >= 4 is 5.69 Å². The summed E-state index contributed by atoms with van der Waals surface area (Å²) in [5.74, 6) is 0. The maximum Gasteiger partial charge on any atom is 0.273 e. The zero-order chi connectivity index (χ0) is 11.4. The van der Waals surface area contributed by atoms with Crippen molar-refractivity contribution in [1.82, 2.24) is 4.57 Å². The number of anilines is 1. The Morgan fingerprint density at radius 2 is 2.44 bits per heavy atom. The molecule has 4 heteroatoms. The molecule has 2 heterocycles. The van der Waals surface area contributed by atoms with E-state index in [0.29, 0.717) is 11.8 Å². The van der Waals surface area contributed by atoms with E-state index in [1.807, 2.05) is 6.07 Å². The van der Waals surface area contributed by atoms with Crippen molar-refractivity contribution in [3.05, 3.63) is 28.7 Å². The van der Waals surface area contributed by atoms with Crippen LogP contribution in [-0.2, 0) is 11.3 Å². The van der Waals surface area contributed by atoms with Crippen LogP contribution in [0.2, 0.25) is 0 Å². The summed E-state index contributed by atoms with van der Waals surface area (Å²) in [7, 11) is 0. The Bertz CT molecular complexity index is 394. The van der Waals surface area contributed by atoms with Gasteiger partial charge in [-0.1, -0.05) is 0 Å². The SMILES string of the molecule is Nc1cccn(CCCC2CCCO2)c1=O. The molecule has 0 bridgehead atoms. The number of hydrogen-bond acceptors (Lipinski definition) is 3. The van der Waals surface area contributed by atoms with E-state index >= 15 is 0 Å². The molecular weight excluding hydrogens is 204 g/mol. The predicted molar refractivity (Wildman–Crippen MR) is 63.3 cm³/mol. The van der Waals surface area contributed by atoms with E-state index in [4.69, 9.17) is 10.5 Å². The van der Waals surface area contributed by atoms with Crippen molar-refractivity contribution in [1.29, 1.82) is 0 Å². The van der Waals surface area contributed by atoms with Crippen molar-refractivity contribution in [3.8, 4) is 0 Å². The predicted octanol–water partition coefficient (Wildman–Crippen LogP) is 1.39. The second kappa shape index (κ2) is 5.16. The highest BCUT2D eigenvalue weighted by Crippen LogP contribution is 2.16. The fraction of sp³-hybridized carbons (Fsp3) is 0.583. The van der Waals surface area contributed by atoms with Crippen molar-refractivity contribution in [2.75, 3.05) is 12.3 Å². The Morgan fingerprint density at radius 3 is 3.19 bits per heavy atom. The van der Waals surface area contributed by atoms with Gasteiger partial charge in [-0.05, 0) is 37.8 Å². The van der Waals surface area contributed by atoms with Crippen LogP contribution in [0, 0.1) is 0 Å². The van der Waals surface area contributed by atoms with Crippen LogP contribution in [0.5, 0.6) is 0 Å². The van der Waals surface area contributed by atoms with Gasteiger partial charge in [-0.25, -0.2) is 0 Å². The summed E-state index contributed by atoms with van der Waals surface area (Å²) in [5.41, 5.74) is 5.79. The quantitative estimate of drug-likeness (QED) is 0.837. The minimum absolute atomic E-state index is 0.0881. The second-order valence-electron chi connectivity index (χ2n) is 4.24. The Morgan fingerprint density at radius 1 is 1.56 bits per heavy atom. The largest absolute Gasteiger partial charge is 0.394 e. The lowest BCUT2D eigenvalue weighted by Gasteiger charge is -2.10. The van der Waals surface area contributed by atoms with E-state index in [1.54, 1.807) is 16.8 Å². The highest BCUT2D eigenvalue weighted by Gasteiger charge is 2.14. The number of ether oxygens (including phenoxy) is 1. The summed E-state index contributed by atoms with van der Waals surface area (Å²) >= 11 is 0. The van der Waals surface area contributed by atoms with Crippen molar-refractivity contribution in [3.63, 3.8) is 0 Å². The van der Waals surface area contributed by atoms with Crippen molar-refractivity contribution < 1.29 is 4.74 Å². The first-order valence-corrected chi connectivity index (χ1v) is 5.84. The van der Waals surface area contributed by atoms with Crippen LogP contribution in [0.25, 0.3) is 0 Å². The van der Waals surface area contributed by atoms with Gasteiger partial charge in [0.2, 0.25) is 0 Å². The molecule has 2 rings (SSSR count). The highest BCUT2D eigenvalue weighted by molar-refractivity contribution is 5.33. The molecule has 88 valence electrons. The maximum atomic E-state index is 11.6. The van der Waals surface area contributed by atoms with Gasteiger partial charge in [-0.15, -0.1) is 0 Å². The standard InChI is InChI=1S/C12H18N2O2/c13-11-6-2-8-14(12(11)15)7-1-4-10-5-3-9-16-10/h2,6,8,10H,1,3-5,7,9,13H2. The van der Waals surface area contributed by atoms with E-state index in [-0.39, 0.29) is 5.56 Å². The van der Waals surface area contributed by atoms with Gasteiger partial charge in [0, 0.05) is 19.3 Å². The Labute approximate surface area is 95.0 Å². The summed E-state index contributed by atoms with van der Waals surface area (Å²) < 4.78 is 7.20. The lowest BCUT2D eigenvalue weighted by Crippen LogP contribution is -2.22. The van der Waals surface area contributed by atoms with Crippen molar-refractivity contribution in [2.45, 2.75) is 38.3 Å². The third-order valence-corrected chi connectivity index (χ3v) is 3.00. The zero-order valence-electron chi connectivity index (χ0n) is 9.39. The van der Waals surface area contributed by atoms with Gasteiger partial charge in [0.15, 0.2) is 0 Å². The third kappa shape index (κ3) is 2.64. The highest BCUT2D eigenvalue weighted by atomic mass is 16.5. The molecule has 1 unspecified atom stereocenters. The van der Waals surface area contributed by atoms with Crippen LogP contribution < -0.4 is 11.3 Å². The van der Waals surface area contributed by atoms with Gasteiger partial charge in [-0.2, -0.15) is 0 Å². The van der Waals surface area contributed by atoms with Gasteiger partial charge in [0.1, 0.15) is 0 Å². The number of nitrogens with zero attached hydrogens (tertiary/aromatic N) is 1. The van der Waals surface area contributed by atoms with E-state index in [2.05, 4.69) is 0 Å². The Balaban J connectivity index is 1.85. The fourth-order valence-electron chi connectivity index (χ4n) is 2.09. The Hall–Kier alpha value is -1.29. The molecular formula is C12H18N2O2. The summed E-state index contributed by atoms with van der Waals surface area (Å²) in [6.07, 6.45) is 6.51. The number of nitrogen functional groups attached to an aromatic ring is 1. The van der Waals surface area contributed by atoms with Crippen molar-refractivity contribution in [2.24, 2.45) is 0 Å². The summed E-state index contributed by atoms with van der Waals surface area (Å²) in [6, 6.07) is 3.45. The first-order chi connectivity index (χ1) is 7.77. The molecule has 1 aliphatic rings. The van der Waals surface area contributed by atoms with Gasteiger partial charge in [0.25, 0.3) is 5.56 Å². The minimum Gasteiger partial charge on any atom is -0.394 e. The van der Waals surface area contributed by atoms with Gasteiger partial charge in [0.05, 0.1) is 11.8 Å². The molecule has 2 N–H and O–H groups in total. The first kappa shape index (κ1) is 11.2. The van der Waals surface area contributed by atoms with E-state index in [0.717, 1.165) is 32.4 Å². The molecule has 0 saturated carbocycles. The van der Waals surface area contributed by atoms with Crippen LogP contribution in [-0.4, -0.2) is 17.3 Å². The molecule has 4 nitrogen and oxygen atoms in total. The average Bonchev–Trinajstić information content (AvgIpc) is 2.77. The molecule has 1 aromatic rings. The molecule has 0 amide bonds. The maximum absolute atomic E-state index is 11.6. The molecule has 0 radical (unpaired) electrons. The summed E-state index contributed by atoms with van der Waals surface area (Å²) in [6.45, 7) is 1.62. The number of aromatic nitrogens is 1. The zero-order valence-corrected chi connectivity index (χ0v) is 9.39. The summed E-state index contributed by atoms with van der Waals surface area (Å²) in [5, 5.41) is 0. The van der Waals surface area contributed by atoms with Crippen LogP contribution in [0.3, 0.4) is 0 Å². The second-order valence-corrected chi connectivity index (χ2v) is 4.24. The number of hydrogen-bond donors (Lipinski definition) is 1. The van der Waals surface area contributed by atoms with Crippen LogP contribution in [0.15, 0.2) is 23.1 Å². The molecule has 0 aliphatic carbocycles. The molecule has 1 fully saturated rings. The van der Waals surface area contributed by atoms with E-state index in [9.17, 15) is 4.79 Å². The van der Waals surface area contributed by atoms with Gasteiger partial charge < -0.3 is 15.0 Å². The fourth-order valence-corrected chi connectivity index (χ4v) is 2.09. The third-order valence-electron chi connectivity index (χ3n) is 3.00. The number of aryl methyl sites for hydroxylation is 1. The average molecular weight is 222 g/mol. The molecule has 1 aliphatic heterocycles. The Kier molecular flexibility index (Phi) is 3.62. The van der Waals surface area contributed by atoms with E-state index < -0.39 is 0 Å². The molecule has 0 spiro atoms. The minimum atomic E-state index is -0.0881.